The third kappa shape index (κ3) is 4.00. The lowest BCUT2D eigenvalue weighted by Gasteiger charge is -2.35. The Balaban J connectivity index is 1.81. The molecule has 2 aromatic carbocycles. The van der Waals surface area contributed by atoms with E-state index in [0.29, 0.717) is 29.5 Å². The third-order valence-corrected chi connectivity index (χ3v) is 5.84. The van der Waals surface area contributed by atoms with Crippen LogP contribution < -0.4 is 0 Å². The van der Waals surface area contributed by atoms with Crippen LogP contribution in [0.25, 0.3) is 16.9 Å². The average Bonchev–Trinajstić information content (AvgIpc) is 3.14. The van der Waals surface area contributed by atoms with Gasteiger partial charge in [0.15, 0.2) is 0 Å². The molecule has 30 heavy (non-hydrogen) atoms. The number of ether oxygens (including phenoxy) is 1. The van der Waals surface area contributed by atoms with E-state index < -0.39 is 0 Å². The van der Waals surface area contributed by atoms with Crippen molar-refractivity contribution < 1.29 is 9.53 Å². The van der Waals surface area contributed by atoms with E-state index in [1.54, 1.807) is 10.7 Å². The molecule has 0 aliphatic carbocycles. The first-order chi connectivity index (χ1) is 14.3. The van der Waals surface area contributed by atoms with Gasteiger partial charge in [0.1, 0.15) is 5.69 Å². The number of amides is 1. The van der Waals surface area contributed by atoms with Crippen LogP contribution in [0.15, 0.2) is 48.5 Å². The van der Waals surface area contributed by atoms with E-state index in [1.165, 1.54) is 11.1 Å². The first-order valence-corrected chi connectivity index (χ1v) is 10.6. The van der Waals surface area contributed by atoms with Crippen LogP contribution in [-0.4, -0.2) is 45.9 Å². The molecule has 1 aromatic heterocycles. The minimum atomic E-state index is -0.0699. The average molecular weight is 424 g/mol. The van der Waals surface area contributed by atoms with Crippen molar-refractivity contribution in [3.63, 3.8) is 0 Å². The van der Waals surface area contributed by atoms with Crippen molar-refractivity contribution in [2.24, 2.45) is 0 Å². The maximum absolute atomic E-state index is 13.5. The lowest BCUT2D eigenvalue weighted by atomic mass is 10.0. The quantitative estimate of drug-likeness (QED) is 0.591. The van der Waals surface area contributed by atoms with Crippen molar-refractivity contribution in [3.8, 4) is 16.9 Å². The number of rotatable bonds is 3. The van der Waals surface area contributed by atoms with Gasteiger partial charge in [-0.2, -0.15) is 5.10 Å². The first-order valence-electron chi connectivity index (χ1n) is 10.2. The second-order valence-electron chi connectivity index (χ2n) is 8.04. The highest BCUT2D eigenvalue weighted by Crippen LogP contribution is 2.28. The van der Waals surface area contributed by atoms with Crippen molar-refractivity contribution in [2.75, 3.05) is 13.1 Å². The smallest absolute Gasteiger partial charge is 0.272 e. The SMILES string of the molecule is Cc1ccc(-c2cc(C(=O)N3C[C@@H](C)O[C@@H](C)C3)n(-c3ccccc3Cl)n2)cc1C. The Kier molecular flexibility index (Phi) is 5.67. The molecule has 1 saturated heterocycles. The van der Waals surface area contributed by atoms with E-state index >= 15 is 0 Å². The molecule has 156 valence electrons. The summed E-state index contributed by atoms with van der Waals surface area (Å²) in [4.78, 5) is 15.4. The highest BCUT2D eigenvalue weighted by atomic mass is 35.5. The van der Waals surface area contributed by atoms with Crippen molar-refractivity contribution in [2.45, 2.75) is 39.9 Å². The van der Waals surface area contributed by atoms with Gasteiger partial charge >= 0.3 is 0 Å². The molecule has 1 amide bonds. The highest BCUT2D eigenvalue weighted by Gasteiger charge is 2.29. The Labute approximate surface area is 182 Å². The molecule has 4 rings (SSSR count). The summed E-state index contributed by atoms with van der Waals surface area (Å²) in [7, 11) is 0. The minimum absolute atomic E-state index is 0.00592. The number of nitrogens with zero attached hydrogens (tertiary/aromatic N) is 3. The van der Waals surface area contributed by atoms with Gasteiger partial charge < -0.3 is 9.64 Å². The van der Waals surface area contributed by atoms with Crippen molar-refractivity contribution in [1.82, 2.24) is 14.7 Å². The van der Waals surface area contributed by atoms with E-state index in [1.807, 2.05) is 49.1 Å². The summed E-state index contributed by atoms with van der Waals surface area (Å²) >= 11 is 6.46. The number of halogens is 1. The summed E-state index contributed by atoms with van der Waals surface area (Å²) in [6.07, 6.45) is -0.0118. The van der Waals surface area contributed by atoms with Crippen LogP contribution in [0.4, 0.5) is 0 Å². The van der Waals surface area contributed by atoms with Crippen LogP contribution in [-0.2, 0) is 4.74 Å². The maximum Gasteiger partial charge on any atom is 0.272 e. The topological polar surface area (TPSA) is 47.4 Å². The normalized spacial score (nSPS) is 19.2. The molecule has 1 fully saturated rings. The van der Waals surface area contributed by atoms with Crippen LogP contribution in [0.5, 0.6) is 0 Å². The Bertz CT molecular complexity index is 1080. The molecule has 2 heterocycles. The molecule has 0 unspecified atom stereocenters. The predicted molar refractivity (Wildman–Crippen MR) is 119 cm³/mol. The van der Waals surface area contributed by atoms with Gasteiger partial charge in [-0.05, 0) is 63.1 Å². The molecule has 1 aliphatic rings. The number of carbonyl (C=O) groups is 1. The first kappa shape index (κ1) is 20.6. The van der Waals surface area contributed by atoms with Crippen LogP contribution in [0, 0.1) is 13.8 Å². The van der Waals surface area contributed by atoms with Gasteiger partial charge in [-0.1, -0.05) is 35.9 Å². The van der Waals surface area contributed by atoms with E-state index in [9.17, 15) is 4.79 Å². The Morgan fingerprint density at radius 2 is 1.73 bits per heavy atom. The molecule has 5 nitrogen and oxygen atoms in total. The van der Waals surface area contributed by atoms with Gasteiger partial charge in [-0.3, -0.25) is 4.79 Å². The molecule has 1 aliphatic heterocycles. The van der Waals surface area contributed by atoms with Gasteiger partial charge in [0.05, 0.1) is 28.6 Å². The number of benzene rings is 2. The Morgan fingerprint density at radius 3 is 2.40 bits per heavy atom. The number of morpholine rings is 1. The zero-order valence-electron chi connectivity index (χ0n) is 17.7. The molecule has 6 heteroatoms. The lowest BCUT2D eigenvalue weighted by molar-refractivity contribution is -0.0588. The molecule has 3 aromatic rings. The van der Waals surface area contributed by atoms with Crippen LogP contribution in [0.3, 0.4) is 0 Å². The van der Waals surface area contributed by atoms with Gasteiger partial charge in [-0.25, -0.2) is 4.68 Å². The molecule has 2 atom stereocenters. The number of carbonyl (C=O) groups excluding carboxylic acids is 1. The number of para-hydroxylation sites is 1. The summed E-state index contributed by atoms with van der Waals surface area (Å²) in [5.41, 5.74) is 5.31. The molecular formula is C24H26ClN3O2. The number of hydrogen-bond donors (Lipinski definition) is 0. The van der Waals surface area contributed by atoms with Crippen molar-refractivity contribution in [1.29, 1.82) is 0 Å². The standard InChI is InChI=1S/C24H26ClN3O2/c1-15-9-10-19(11-16(15)2)21-12-23(24(29)27-13-17(3)30-18(4)14-27)28(26-21)22-8-6-5-7-20(22)25/h5-12,17-18H,13-14H2,1-4H3/t17-,18+. The fourth-order valence-electron chi connectivity index (χ4n) is 3.89. The molecule has 0 saturated carbocycles. The van der Waals surface area contributed by atoms with Gasteiger partial charge in [0.25, 0.3) is 5.91 Å². The summed E-state index contributed by atoms with van der Waals surface area (Å²) < 4.78 is 7.46. The van der Waals surface area contributed by atoms with Gasteiger partial charge in [0.2, 0.25) is 0 Å². The molecule has 0 bridgehead atoms. The van der Waals surface area contributed by atoms with E-state index in [4.69, 9.17) is 21.4 Å². The third-order valence-electron chi connectivity index (χ3n) is 5.52. The summed E-state index contributed by atoms with van der Waals surface area (Å²) in [5.74, 6) is -0.0699. The van der Waals surface area contributed by atoms with Crippen LogP contribution in [0.2, 0.25) is 5.02 Å². The fraction of sp³-hybridized carbons (Fsp3) is 0.333. The van der Waals surface area contributed by atoms with Gasteiger partial charge in [-0.15, -0.1) is 0 Å². The van der Waals surface area contributed by atoms with Crippen LogP contribution >= 0.6 is 11.6 Å². The highest BCUT2D eigenvalue weighted by molar-refractivity contribution is 6.32. The van der Waals surface area contributed by atoms with Gasteiger partial charge in [0, 0.05) is 18.7 Å². The zero-order valence-corrected chi connectivity index (χ0v) is 18.5. The number of hydrogen-bond acceptors (Lipinski definition) is 3. The maximum atomic E-state index is 13.5. The Hall–Kier alpha value is -2.63. The summed E-state index contributed by atoms with van der Waals surface area (Å²) in [6, 6.07) is 15.5. The van der Waals surface area contributed by atoms with E-state index in [0.717, 1.165) is 11.3 Å². The summed E-state index contributed by atoms with van der Waals surface area (Å²) in [5, 5.41) is 5.34. The fourth-order valence-corrected chi connectivity index (χ4v) is 4.10. The number of aromatic nitrogens is 2. The molecule has 0 spiro atoms. The molecule has 0 N–H and O–H groups in total. The van der Waals surface area contributed by atoms with Crippen molar-refractivity contribution >= 4 is 17.5 Å². The monoisotopic (exact) mass is 423 g/mol. The minimum Gasteiger partial charge on any atom is -0.372 e. The molecule has 0 radical (unpaired) electrons. The van der Waals surface area contributed by atoms with E-state index in [2.05, 4.69) is 26.0 Å². The lowest BCUT2D eigenvalue weighted by Crippen LogP contribution is -2.48. The number of aryl methyl sites for hydroxylation is 2. The molecular weight excluding hydrogens is 398 g/mol. The predicted octanol–water partition coefficient (Wildman–Crippen LogP) is 5.06. The summed E-state index contributed by atoms with van der Waals surface area (Å²) in [6.45, 7) is 9.24. The zero-order chi connectivity index (χ0) is 21.4. The van der Waals surface area contributed by atoms with E-state index in [-0.39, 0.29) is 18.1 Å². The Morgan fingerprint density at radius 1 is 1.03 bits per heavy atom. The largest absolute Gasteiger partial charge is 0.372 e. The van der Waals surface area contributed by atoms with Crippen molar-refractivity contribution in [3.05, 3.63) is 70.4 Å². The second kappa shape index (κ2) is 8.25. The van der Waals surface area contributed by atoms with Crippen LogP contribution in [0.1, 0.15) is 35.5 Å². The second-order valence-corrected chi connectivity index (χ2v) is 8.45.